The summed E-state index contributed by atoms with van der Waals surface area (Å²) < 4.78 is 5.19. The molecule has 1 heterocycles. The van der Waals surface area contributed by atoms with Gasteiger partial charge >= 0.3 is 5.97 Å². The van der Waals surface area contributed by atoms with Crippen LogP contribution in [0.2, 0.25) is 5.02 Å². The molecule has 0 aromatic heterocycles. The van der Waals surface area contributed by atoms with Crippen molar-refractivity contribution in [1.29, 1.82) is 0 Å². The Kier molecular flexibility index (Phi) is 5.74. The first-order chi connectivity index (χ1) is 12.5. The van der Waals surface area contributed by atoms with Crippen molar-refractivity contribution in [3.8, 4) is 0 Å². The van der Waals surface area contributed by atoms with Crippen LogP contribution < -0.4 is 10.6 Å². The van der Waals surface area contributed by atoms with Crippen LogP contribution in [0.3, 0.4) is 0 Å². The van der Waals surface area contributed by atoms with E-state index >= 15 is 0 Å². The standard InChI is InChI=1S/C19H19ClN2O3S/c1-12-8-9-22(16-4-2-3-5-17(16)26-12)18(23)11-25-19(24)14-7-6-13(20)10-15(14)21/h2-7,10,12H,8-9,11,21H2,1H3/t12-/m1/s1. The number of rotatable bonds is 3. The second kappa shape index (κ2) is 8.01. The van der Waals surface area contributed by atoms with Crippen LogP contribution in [0.5, 0.6) is 0 Å². The molecule has 2 aromatic rings. The van der Waals surface area contributed by atoms with Crippen LogP contribution in [0.15, 0.2) is 47.4 Å². The van der Waals surface area contributed by atoms with Crippen molar-refractivity contribution in [2.45, 2.75) is 23.5 Å². The third-order valence-corrected chi connectivity index (χ3v) is 5.58. The molecule has 1 amide bonds. The number of esters is 1. The summed E-state index contributed by atoms with van der Waals surface area (Å²) in [7, 11) is 0. The minimum absolute atomic E-state index is 0.197. The van der Waals surface area contributed by atoms with Gasteiger partial charge in [-0.3, -0.25) is 4.79 Å². The minimum atomic E-state index is -0.640. The summed E-state index contributed by atoms with van der Waals surface area (Å²) in [6.45, 7) is 2.39. The molecule has 0 aliphatic carbocycles. The van der Waals surface area contributed by atoms with Crippen LogP contribution in [0.4, 0.5) is 11.4 Å². The molecule has 2 N–H and O–H groups in total. The zero-order valence-electron chi connectivity index (χ0n) is 14.3. The maximum atomic E-state index is 12.7. The number of ether oxygens (including phenoxy) is 1. The molecule has 0 unspecified atom stereocenters. The monoisotopic (exact) mass is 390 g/mol. The molecule has 0 radical (unpaired) electrons. The minimum Gasteiger partial charge on any atom is -0.452 e. The maximum absolute atomic E-state index is 12.7. The normalized spacial score (nSPS) is 16.5. The smallest absolute Gasteiger partial charge is 0.340 e. The zero-order chi connectivity index (χ0) is 18.7. The summed E-state index contributed by atoms with van der Waals surface area (Å²) in [6.07, 6.45) is 0.864. The number of hydrogen-bond acceptors (Lipinski definition) is 5. The number of nitrogens with zero attached hydrogens (tertiary/aromatic N) is 1. The van der Waals surface area contributed by atoms with E-state index in [1.54, 1.807) is 22.7 Å². The van der Waals surface area contributed by atoms with Gasteiger partial charge in [-0.15, -0.1) is 11.8 Å². The van der Waals surface area contributed by atoms with Crippen LogP contribution in [0.25, 0.3) is 0 Å². The maximum Gasteiger partial charge on any atom is 0.340 e. The van der Waals surface area contributed by atoms with Crippen LogP contribution in [0.1, 0.15) is 23.7 Å². The van der Waals surface area contributed by atoms with Crippen molar-refractivity contribution < 1.29 is 14.3 Å². The lowest BCUT2D eigenvalue weighted by atomic mass is 10.2. The number of carbonyl (C=O) groups is 2. The number of carbonyl (C=O) groups excluding carboxylic acids is 2. The van der Waals surface area contributed by atoms with Crippen LogP contribution >= 0.6 is 23.4 Å². The van der Waals surface area contributed by atoms with Gasteiger partial charge in [0.25, 0.3) is 5.91 Å². The molecule has 1 aliphatic heterocycles. The summed E-state index contributed by atoms with van der Waals surface area (Å²) in [5.41, 5.74) is 7.06. The summed E-state index contributed by atoms with van der Waals surface area (Å²) in [5.74, 6) is -0.897. The second-order valence-electron chi connectivity index (χ2n) is 6.04. The second-order valence-corrected chi connectivity index (χ2v) is 7.95. The largest absolute Gasteiger partial charge is 0.452 e. The molecule has 0 saturated heterocycles. The highest BCUT2D eigenvalue weighted by molar-refractivity contribution is 8.00. The first kappa shape index (κ1) is 18.6. The molecule has 0 bridgehead atoms. The van der Waals surface area contributed by atoms with E-state index in [4.69, 9.17) is 22.1 Å². The summed E-state index contributed by atoms with van der Waals surface area (Å²) in [5, 5.41) is 0.841. The lowest BCUT2D eigenvalue weighted by molar-refractivity contribution is -0.121. The molecule has 1 atom stereocenters. The Morgan fingerprint density at radius 2 is 2.08 bits per heavy atom. The van der Waals surface area contributed by atoms with Crippen LogP contribution in [0, 0.1) is 0 Å². The predicted octanol–water partition coefficient (Wildman–Crippen LogP) is 4.00. The molecular formula is C19H19ClN2O3S. The Morgan fingerprint density at radius 3 is 2.85 bits per heavy atom. The average Bonchev–Trinajstić information content (AvgIpc) is 2.77. The topological polar surface area (TPSA) is 72.6 Å². The number of nitrogen functional groups attached to an aromatic ring is 1. The third-order valence-electron chi connectivity index (χ3n) is 4.10. The fourth-order valence-corrected chi connectivity index (χ4v) is 4.04. The van der Waals surface area contributed by atoms with Gasteiger partial charge in [0.2, 0.25) is 0 Å². The van der Waals surface area contributed by atoms with Gasteiger partial charge in [0.1, 0.15) is 0 Å². The third kappa shape index (κ3) is 4.14. The SMILES string of the molecule is C[C@@H]1CCN(C(=O)COC(=O)c2ccc(Cl)cc2N)c2ccccc2S1. The van der Waals surface area contributed by atoms with Crippen LogP contribution in [-0.2, 0) is 9.53 Å². The highest BCUT2D eigenvalue weighted by Crippen LogP contribution is 2.37. The number of halogens is 1. The Labute approximate surface area is 161 Å². The van der Waals surface area contributed by atoms with E-state index in [9.17, 15) is 9.59 Å². The Morgan fingerprint density at radius 1 is 1.31 bits per heavy atom. The molecule has 0 spiro atoms. The highest BCUT2D eigenvalue weighted by atomic mass is 35.5. The number of nitrogens with two attached hydrogens (primary N) is 1. The van der Waals surface area contributed by atoms with Gasteiger partial charge in [0.15, 0.2) is 6.61 Å². The van der Waals surface area contributed by atoms with E-state index in [-0.39, 0.29) is 23.8 Å². The summed E-state index contributed by atoms with van der Waals surface area (Å²) >= 11 is 7.58. The van der Waals surface area contributed by atoms with E-state index in [1.165, 1.54) is 12.1 Å². The van der Waals surface area contributed by atoms with Crippen molar-refractivity contribution >= 4 is 46.6 Å². The van der Waals surface area contributed by atoms with Gasteiger partial charge in [0.05, 0.1) is 11.3 Å². The van der Waals surface area contributed by atoms with E-state index in [0.717, 1.165) is 17.0 Å². The van der Waals surface area contributed by atoms with E-state index in [1.807, 2.05) is 24.3 Å². The van der Waals surface area contributed by atoms with Gasteiger partial charge < -0.3 is 15.4 Å². The highest BCUT2D eigenvalue weighted by Gasteiger charge is 2.25. The van der Waals surface area contributed by atoms with Crippen LogP contribution in [-0.4, -0.2) is 30.3 Å². The Balaban J connectivity index is 1.71. The molecule has 1 aliphatic rings. The molecule has 2 aromatic carbocycles. The quantitative estimate of drug-likeness (QED) is 0.633. The number of para-hydroxylation sites is 1. The lowest BCUT2D eigenvalue weighted by Crippen LogP contribution is -2.35. The molecule has 3 rings (SSSR count). The van der Waals surface area contributed by atoms with Crippen molar-refractivity contribution in [2.75, 3.05) is 23.8 Å². The molecule has 136 valence electrons. The first-order valence-corrected chi connectivity index (χ1v) is 9.49. The van der Waals surface area contributed by atoms with Gasteiger partial charge in [-0.1, -0.05) is 30.7 Å². The van der Waals surface area contributed by atoms with Crippen molar-refractivity contribution in [3.05, 3.63) is 53.1 Å². The Hall–Kier alpha value is -2.18. The van der Waals surface area contributed by atoms with Gasteiger partial charge in [-0.25, -0.2) is 4.79 Å². The zero-order valence-corrected chi connectivity index (χ0v) is 15.8. The number of amides is 1. The molecule has 0 saturated carbocycles. The van der Waals surface area contributed by atoms with Crippen molar-refractivity contribution in [2.24, 2.45) is 0 Å². The first-order valence-electron chi connectivity index (χ1n) is 8.24. The van der Waals surface area contributed by atoms with Gasteiger partial charge in [0, 0.05) is 27.4 Å². The van der Waals surface area contributed by atoms with Crippen molar-refractivity contribution in [1.82, 2.24) is 0 Å². The number of hydrogen-bond donors (Lipinski definition) is 1. The van der Waals surface area contributed by atoms with Gasteiger partial charge in [-0.05, 0) is 36.8 Å². The fourth-order valence-electron chi connectivity index (χ4n) is 2.75. The van der Waals surface area contributed by atoms with Gasteiger partial charge in [-0.2, -0.15) is 0 Å². The number of benzene rings is 2. The number of thioether (sulfide) groups is 1. The summed E-state index contributed by atoms with van der Waals surface area (Å²) in [4.78, 5) is 27.6. The summed E-state index contributed by atoms with van der Waals surface area (Å²) in [6, 6.07) is 12.3. The Bertz CT molecular complexity index is 843. The molecule has 0 fully saturated rings. The molecule has 5 nitrogen and oxygen atoms in total. The molecular weight excluding hydrogens is 372 g/mol. The van der Waals surface area contributed by atoms with E-state index < -0.39 is 5.97 Å². The van der Waals surface area contributed by atoms with E-state index in [0.29, 0.717) is 16.8 Å². The molecule has 26 heavy (non-hydrogen) atoms. The predicted molar refractivity (Wildman–Crippen MR) is 105 cm³/mol. The lowest BCUT2D eigenvalue weighted by Gasteiger charge is -2.22. The number of fused-ring (bicyclic) bond motifs is 1. The number of anilines is 2. The average molecular weight is 391 g/mol. The molecule has 7 heteroatoms. The van der Waals surface area contributed by atoms with E-state index in [2.05, 4.69) is 6.92 Å². The fraction of sp³-hybridized carbons (Fsp3) is 0.263. The van der Waals surface area contributed by atoms with Crippen molar-refractivity contribution in [3.63, 3.8) is 0 Å².